The largest absolute Gasteiger partial charge is 0.494 e. The van der Waals surface area contributed by atoms with Gasteiger partial charge in [0.25, 0.3) is 5.56 Å². The molecule has 0 radical (unpaired) electrons. The maximum atomic E-state index is 13.3. The lowest BCUT2D eigenvalue weighted by Gasteiger charge is -2.11. The Labute approximate surface area is 180 Å². The molecular formula is C25H23N3O3. The van der Waals surface area contributed by atoms with E-state index in [2.05, 4.69) is 5.10 Å². The van der Waals surface area contributed by atoms with Gasteiger partial charge >= 0.3 is 0 Å². The van der Waals surface area contributed by atoms with Crippen LogP contribution in [0.15, 0.2) is 82.7 Å². The van der Waals surface area contributed by atoms with E-state index in [1.807, 2.05) is 80.6 Å². The Kier molecular flexibility index (Phi) is 6.08. The lowest BCUT2D eigenvalue weighted by Crippen LogP contribution is -2.20. The summed E-state index contributed by atoms with van der Waals surface area (Å²) < 4.78 is 12.7. The number of rotatable bonds is 7. The number of aromatic nitrogens is 2. The van der Waals surface area contributed by atoms with Crippen molar-refractivity contribution in [2.24, 2.45) is 5.10 Å². The highest BCUT2D eigenvalue weighted by atomic mass is 16.5. The van der Waals surface area contributed by atoms with Gasteiger partial charge in [-0.2, -0.15) is 9.78 Å². The van der Waals surface area contributed by atoms with E-state index >= 15 is 0 Å². The molecule has 0 atom stereocenters. The van der Waals surface area contributed by atoms with Crippen LogP contribution in [-0.2, 0) is 0 Å². The Bertz CT molecular complexity index is 1280. The van der Waals surface area contributed by atoms with Crippen molar-refractivity contribution in [3.8, 4) is 22.9 Å². The predicted octanol–water partition coefficient (Wildman–Crippen LogP) is 4.74. The van der Waals surface area contributed by atoms with Crippen LogP contribution in [0.1, 0.15) is 19.4 Å². The molecule has 0 aliphatic heterocycles. The summed E-state index contributed by atoms with van der Waals surface area (Å²) in [5.41, 5.74) is 1.95. The molecule has 1 heterocycles. The molecule has 31 heavy (non-hydrogen) atoms. The summed E-state index contributed by atoms with van der Waals surface area (Å²) in [6, 6.07) is 22.4. The molecule has 0 saturated heterocycles. The SMILES string of the molecule is CCOc1ccc(C=Nn2c(-c3ccccc3)nc3ccccc3c2=O)c(OCC)c1. The van der Waals surface area contributed by atoms with Crippen LogP contribution in [0.3, 0.4) is 0 Å². The highest BCUT2D eigenvalue weighted by Gasteiger charge is 2.12. The monoisotopic (exact) mass is 413 g/mol. The van der Waals surface area contributed by atoms with E-state index in [9.17, 15) is 4.79 Å². The molecule has 0 aliphatic rings. The molecule has 6 heteroatoms. The predicted molar refractivity (Wildman–Crippen MR) is 123 cm³/mol. The first-order chi connectivity index (χ1) is 15.2. The fraction of sp³-hybridized carbons (Fsp3) is 0.160. The van der Waals surface area contributed by atoms with E-state index < -0.39 is 0 Å². The molecule has 0 saturated carbocycles. The smallest absolute Gasteiger partial charge is 0.282 e. The number of fused-ring (bicyclic) bond motifs is 1. The van der Waals surface area contributed by atoms with Crippen LogP contribution in [0.4, 0.5) is 0 Å². The summed E-state index contributed by atoms with van der Waals surface area (Å²) in [5.74, 6) is 1.84. The van der Waals surface area contributed by atoms with E-state index in [1.165, 1.54) is 4.68 Å². The van der Waals surface area contributed by atoms with E-state index in [1.54, 1.807) is 12.3 Å². The van der Waals surface area contributed by atoms with Crippen molar-refractivity contribution in [1.29, 1.82) is 0 Å². The molecule has 0 unspecified atom stereocenters. The van der Waals surface area contributed by atoms with Crippen LogP contribution in [0.2, 0.25) is 0 Å². The third-order valence-electron chi connectivity index (χ3n) is 4.69. The lowest BCUT2D eigenvalue weighted by molar-refractivity contribution is 0.323. The number of nitrogens with zero attached hydrogens (tertiary/aromatic N) is 3. The summed E-state index contributed by atoms with van der Waals surface area (Å²) in [7, 11) is 0. The van der Waals surface area contributed by atoms with Gasteiger partial charge in [0.1, 0.15) is 11.5 Å². The van der Waals surface area contributed by atoms with E-state index in [0.717, 1.165) is 16.9 Å². The lowest BCUT2D eigenvalue weighted by atomic mass is 10.2. The normalized spacial score (nSPS) is 11.2. The molecule has 0 N–H and O–H groups in total. The molecule has 6 nitrogen and oxygen atoms in total. The molecule has 156 valence electrons. The van der Waals surface area contributed by atoms with Crippen molar-refractivity contribution in [1.82, 2.24) is 9.66 Å². The molecule has 0 fully saturated rings. The number of hydrogen-bond donors (Lipinski definition) is 0. The standard InChI is InChI=1S/C25H23N3O3/c1-3-30-20-15-14-19(23(16-20)31-4-2)17-26-28-24(18-10-6-5-7-11-18)27-22-13-9-8-12-21(22)25(28)29/h5-17H,3-4H2,1-2H3. The van der Waals surface area contributed by atoms with Crippen LogP contribution < -0.4 is 15.0 Å². The van der Waals surface area contributed by atoms with Crippen molar-refractivity contribution < 1.29 is 9.47 Å². The van der Waals surface area contributed by atoms with Crippen LogP contribution in [-0.4, -0.2) is 29.1 Å². The fourth-order valence-electron chi connectivity index (χ4n) is 3.28. The number of hydrogen-bond acceptors (Lipinski definition) is 5. The third-order valence-corrected chi connectivity index (χ3v) is 4.69. The summed E-state index contributed by atoms with van der Waals surface area (Å²) in [6.45, 7) is 4.92. The van der Waals surface area contributed by atoms with Crippen molar-refractivity contribution in [3.05, 3.63) is 88.7 Å². The third kappa shape index (κ3) is 4.33. The average Bonchev–Trinajstić information content (AvgIpc) is 2.80. The van der Waals surface area contributed by atoms with Gasteiger partial charge in [-0.15, -0.1) is 0 Å². The molecule has 4 aromatic rings. The first kappa shape index (κ1) is 20.3. The van der Waals surface area contributed by atoms with Gasteiger partial charge in [-0.1, -0.05) is 42.5 Å². The van der Waals surface area contributed by atoms with Gasteiger partial charge in [-0.05, 0) is 38.1 Å². The van der Waals surface area contributed by atoms with Gasteiger partial charge in [0, 0.05) is 17.2 Å². The second kappa shape index (κ2) is 9.26. The average molecular weight is 413 g/mol. The number of benzene rings is 3. The zero-order valence-corrected chi connectivity index (χ0v) is 17.5. The maximum absolute atomic E-state index is 13.3. The summed E-state index contributed by atoms with van der Waals surface area (Å²) >= 11 is 0. The second-order valence-electron chi connectivity index (χ2n) is 6.75. The number of ether oxygens (including phenoxy) is 2. The Morgan fingerprint density at radius 2 is 1.68 bits per heavy atom. The van der Waals surface area contributed by atoms with Crippen molar-refractivity contribution in [2.45, 2.75) is 13.8 Å². The van der Waals surface area contributed by atoms with Crippen LogP contribution in [0.5, 0.6) is 11.5 Å². The van der Waals surface area contributed by atoms with Gasteiger partial charge in [0.05, 0.1) is 30.3 Å². The zero-order chi connectivity index (χ0) is 21.6. The highest BCUT2D eigenvalue weighted by Crippen LogP contribution is 2.24. The summed E-state index contributed by atoms with van der Waals surface area (Å²) in [6.07, 6.45) is 1.62. The molecular weight excluding hydrogens is 390 g/mol. The van der Waals surface area contributed by atoms with Crippen molar-refractivity contribution >= 4 is 17.1 Å². The van der Waals surface area contributed by atoms with E-state index in [-0.39, 0.29) is 5.56 Å². The van der Waals surface area contributed by atoms with Gasteiger partial charge in [-0.3, -0.25) is 4.79 Å². The summed E-state index contributed by atoms with van der Waals surface area (Å²) in [4.78, 5) is 18.0. The molecule has 0 bridgehead atoms. The van der Waals surface area contributed by atoms with Crippen molar-refractivity contribution in [2.75, 3.05) is 13.2 Å². The topological polar surface area (TPSA) is 65.7 Å². The van der Waals surface area contributed by atoms with E-state index in [4.69, 9.17) is 14.5 Å². The molecule has 0 amide bonds. The molecule has 0 aliphatic carbocycles. The minimum absolute atomic E-state index is 0.232. The number of para-hydroxylation sites is 1. The summed E-state index contributed by atoms with van der Waals surface area (Å²) in [5, 5.41) is 5.03. The maximum Gasteiger partial charge on any atom is 0.282 e. The first-order valence-electron chi connectivity index (χ1n) is 10.2. The Hall–Kier alpha value is -3.93. The van der Waals surface area contributed by atoms with Gasteiger partial charge < -0.3 is 9.47 Å². The Balaban J connectivity index is 1.85. The van der Waals surface area contributed by atoms with E-state index in [0.29, 0.717) is 35.7 Å². The van der Waals surface area contributed by atoms with Gasteiger partial charge in [0.2, 0.25) is 0 Å². The van der Waals surface area contributed by atoms with Crippen LogP contribution >= 0.6 is 0 Å². The Morgan fingerprint density at radius 3 is 2.45 bits per heavy atom. The second-order valence-corrected chi connectivity index (χ2v) is 6.75. The minimum atomic E-state index is -0.232. The van der Waals surface area contributed by atoms with Gasteiger partial charge in [-0.25, -0.2) is 4.98 Å². The van der Waals surface area contributed by atoms with Crippen LogP contribution in [0, 0.1) is 0 Å². The highest BCUT2D eigenvalue weighted by molar-refractivity contribution is 5.85. The van der Waals surface area contributed by atoms with Crippen molar-refractivity contribution in [3.63, 3.8) is 0 Å². The fourth-order valence-corrected chi connectivity index (χ4v) is 3.28. The Morgan fingerprint density at radius 1 is 0.935 bits per heavy atom. The molecule has 4 rings (SSSR count). The zero-order valence-electron chi connectivity index (χ0n) is 17.5. The molecule has 0 spiro atoms. The molecule has 1 aromatic heterocycles. The minimum Gasteiger partial charge on any atom is -0.494 e. The van der Waals surface area contributed by atoms with Crippen LogP contribution in [0.25, 0.3) is 22.3 Å². The quantitative estimate of drug-likeness (QED) is 0.410. The first-order valence-corrected chi connectivity index (χ1v) is 10.2. The molecule has 3 aromatic carbocycles. The van der Waals surface area contributed by atoms with Gasteiger partial charge in [0.15, 0.2) is 5.82 Å².